The maximum atomic E-state index is 4.35. The van der Waals surface area contributed by atoms with Gasteiger partial charge in [-0.3, -0.25) is 0 Å². The Morgan fingerprint density at radius 2 is 2.13 bits per heavy atom. The van der Waals surface area contributed by atoms with Gasteiger partial charge >= 0.3 is 0 Å². The number of hydrogen-bond donors (Lipinski definition) is 0. The van der Waals surface area contributed by atoms with Crippen LogP contribution in [0, 0.1) is 13.8 Å². The van der Waals surface area contributed by atoms with Gasteiger partial charge < -0.3 is 0 Å². The summed E-state index contributed by atoms with van der Waals surface area (Å²) in [5, 5.41) is 4.35. The molecule has 15 heavy (non-hydrogen) atoms. The maximum Gasteiger partial charge on any atom is 0.253 e. The molecule has 78 valence electrons. The van der Waals surface area contributed by atoms with Crippen LogP contribution in [-0.2, 0) is 0 Å². The Hall–Kier alpha value is -1.71. The quantitative estimate of drug-likeness (QED) is 0.749. The zero-order valence-electron chi connectivity index (χ0n) is 9.23. The molecule has 0 radical (unpaired) electrons. The fourth-order valence-corrected chi connectivity index (χ4v) is 1.48. The van der Waals surface area contributed by atoms with Gasteiger partial charge in [0.2, 0.25) is 0 Å². The third-order valence-corrected chi connectivity index (χ3v) is 2.14. The van der Waals surface area contributed by atoms with Crippen molar-refractivity contribution in [3.8, 4) is 0 Å². The Labute approximate surface area is 88.7 Å². The molecule has 0 amide bonds. The molecule has 2 aromatic rings. The van der Waals surface area contributed by atoms with Crippen LogP contribution in [0.2, 0.25) is 0 Å². The van der Waals surface area contributed by atoms with E-state index in [1.54, 1.807) is 4.52 Å². The van der Waals surface area contributed by atoms with Gasteiger partial charge in [0.05, 0.1) is 0 Å². The van der Waals surface area contributed by atoms with Gasteiger partial charge in [0, 0.05) is 11.4 Å². The van der Waals surface area contributed by atoms with E-state index in [0.717, 1.165) is 23.6 Å². The lowest BCUT2D eigenvalue weighted by atomic mass is 10.4. The zero-order chi connectivity index (χ0) is 10.8. The van der Waals surface area contributed by atoms with Gasteiger partial charge in [-0.2, -0.15) is 4.98 Å². The molecule has 0 spiro atoms. The molecular weight excluding hydrogens is 188 g/mol. The summed E-state index contributed by atoms with van der Waals surface area (Å²) in [5.74, 6) is 1.39. The molecule has 0 aliphatic carbocycles. The Balaban J connectivity index is 2.55. The lowest BCUT2D eigenvalue weighted by Crippen LogP contribution is -1.97. The normalized spacial score (nSPS) is 11.7. The van der Waals surface area contributed by atoms with Crippen molar-refractivity contribution < 1.29 is 0 Å². The maximum absolute atomic E-state index is 4.35. The van der Waals surface area contributed by atoms with Gasteiger partial charge in [0.1, 0.15) is 0 Å². The zero-order valence-corrected chi connectivity index (χ0v) is 9.23. The third kappa shape index (κ3) is 1.88. The van der Waals surface area contributed by atoms with Crippen LogP contribution in [0.1, 0.15) is 30.6 Å². The Morgan fingerprint density at radius 1 is 1.33 bits per heavy atom. The van der Waals surface area contributed by atoms with Crippen LogP contribution in [0.3, 0.4) is 0 Å². The van der Waals surface area contributed by atoms with E-state index in [9.17, 15) is 0 Å². The first kappa shape index (κ1) is 9.83. The molecule has 0 unspecified atom stereocenters. The monoisotopic (exact) mass is 202 g/mol. The largest absolute Gasteiger partial charge is 0.253 e. The van der Waals surface area contributed by atoms with E-state index >= 15 is 0 Å². The average molecular weight is 202 g/mol. The number of aromatic nitrogens is 4. The van der Waals surface area contributed by atoms with Gasteiger partial charge in [-0.25, -0.2) is 9.50 Å². The van der Waals surface area contributed by atoms with Crippen LogP contribution >= 0.6 is 0 Å². The van der Waals surface area contributed by atoms with Crippen molar-refractivity contribution in [1.29, 1.82) is 0 Å². The van der Waals surface area contributed by atoms with Crippen LogP contribution in [0.15, 0.2) is 12.1 Å². The highest BCUT2D eigenvalue weighted by atomic mass is 15.3. The van der Waals surface area contributed by atoms with E-state index in [4.69, 9.17) is 0 Å². The van der Waals surface area contributed by atoms with Crippen LogP contribution in [0.4, 0.5) is 0 Å². The topological polar surface area (TPSA) is 43.1 Å². The van der Waals surface area contributed by atoms with Gasteiger partial charge in [-0.1, -0.05) is 13.0 Å². The van der Waals surface area contributed by atoms with E-state index < -0.39 is 0 Å². The Morgan fingerprint density at radius 3 is 2.87 bits per heavy atom. The molecule has 0 N–H and O–H groups in total. The Bertz CT molecular complexity index is 511. The van der Waals surface area contributed by atoms with E-state index in [1.807, 2.05) is 32.1 Å². The van der Waals surface area contributed by atoms with Crippen molar-refractivity contribution in [2.75, 3.05) is 0 Å². The van der Waals surface area contributed by atoms with Crippen LogP contribution in [-0.4, -0.2) is 19.6 Å². The van der Waals surface area contributed by atoms with E-state index in [-0.39, 0.29) is 0 Å². The molecule has 0 fully saturated rings. The summed E-state index contributed by atoms with van der Waals surface area (Å²) in [4.78, 5) is 8.65. The lowest BCUT2D eigenvalue weighted by Gasteiger charge is -1.97. The van der Waals surface area contributed by atoms with Crippen molar-refractivity contribution in [3.63, 3.8) is 0 Å². The number of allylic oxidation sites excluding steroid dienone is 1. The van der Waals surface area contributed by atoms with E-state index in [1.165, 1.54) is 0 Å². The molecule has 2 rings (SSSR count). The summed E-state index contributed by atoms with van der Waals surface area (Å²) in [6, 6.07) is 2.00. The summed E-state index contributed by atoms with van der Waals surface area (Å²) in [6.07, 6.45) is 4.95. The SMILES string of the molecule is CCC=Cc1nc2nc(C)cc(C)n2n1. The fourth-order valence-electron chi connectivity index (χ4n) is 1.48. The van der Waals surface area contributed by atoms with E-state index in [2.05, 4.69) is 22.0 Å². The van der Waals surface area contributed by atoms with Gasteiger partial charge in [-0.05, 0) is 32.4 Å². The van der Waals surface area contributed by atoms with Crippen molar-refractivity contribution in [1.82, 2.24) is 19.6 Å². The van der Waals surface area contributed by atoms with Crippen LogP contribution in [0.25, 0.3) is 11.9 Å². The highest BCUT2D eigenvalue weighted by Crippen LogP contribution is 2.06. The smallest absolute Gasteiger partial charge is 0.216 e. The Kier molecular flexibility index (Phi) is 2.49. The molecule has 0 aliphatic heterocycles. The molecule has 4 nitrogen and oxygen atoms in total. The summed E-state index contributed by atoms with van der Waals surface area (Å²) in [7, 11) is 0. The molecule has 0 bridgehead atoms. The molecule has 0 aliphatic rings. The third-order valence-electron chi connectivity index (χ3n) is 2.14. The van der Waals surface area contributed by atoms with Crippen LogP contribution < -0.4 is 0 Å². The van der Waals surface area contributed by atoms with Crippen LogP contribution in [0.5, 0.6) is 0 Å². The van der Waals surface area contributed by atoms with Crippen molar-refractivity contribution >= 4 is 11.9 Å². The fraction of sp³-hybridized carbons (Fsp3) is 0.364. The molecule has 0 atom stereocenters. The first-order chi connectivity index (χ1) is 7.20. The predicted octanol–water partition coefficient (Wildman–Crippen LogP) is 2.16. The van der Waals surface area contributed by atoms with E-state index in [0.29, 0.717) is 5.78 Å². The molecule has 2 aromatic heterocycles. The standard InChI is InChI=1S/C11H14N4/c1-4-5-6-10-13-11-12-8(2)7-9(3)15(11)14-10/h5-7H,4H2,1-3H3. The predicted molar refractivity (Wildman–Crippen MR) is 59.6 cm³/mol. The molecule has 0 saturated heterocycles. The molecule has 0 aromatic carbocycles. The number of fused-ring (bicyclic) bond motifs is 1. The minimum Gasteiger partial charge on any atom is -0.216 e. The van der Waals surface area contributed by atoms with Crippen molar-refractivity contribution in [2.45, 2.75) is 27.2 Å². The first-order valence-electron chi connectivity index (χ1n) is 5.08. The highest BCUT2D eigenvalue weighted by molar-refractivity contribution is 5.44. The number of rotatable bonds is 2. The average Bonchev–Trinajstić information content (AvgIpc) is 2.57. The number of aryl methyl sites for hydroxylation is 2. The van der Waals surface area contributed by atoms with Gasteiger partial charge in [0.25, 0.3) is 5.78 Å². The molecule has 2 heterocycles. The van der Waals surface area contributed by atoms with Gasteiger partial charge in [-0.15, -0.1) is 5.10 Å². The minimum atomic E-state index is 0.670. The second-order valence-electron chi connectivity index (χ2n) is 3.53. The lowest BCUT2D eigenvalue weighted by molar-refractivity contribution is 0.881. The minimum absolute atomic E-state index is 0.670. The first-order valence-corrected chi connectivity index (χ1v) is 5.08. The molecular formula is C11H14N4. The number of hydrogen-bond acceptors (Lipinski definition) is 3. The highest BCUT2D eigenvalue weighted by Gasteiger charge is 2.04. The second kappa shape index (κ2) is 3.81. The summed E-state index contributed by atoms with van der Waals surface area (Å²) in [6.45, 7) is 6.05. The number of nitrogens with zero attached hydrogens (tertiary/aromatic N) is 4. The molecule has 0 saturated carbocycles. The summed E-state index contributed by atoms with van der Waals surface area (Å²) >= 11 is 0. The molecule has 4 heteroatoms. The summed E-state index contributed by atoms with van der Waals surface area (Å²) < 4.78 is 1.77. The summed E-state index contributed by atoms with van der Waals surface area (Å²) in [5.41, 5.74) is 2.03. The second-order valence-corrected chi connectivity index (χ2v) is 3.53. The van der Waals surface area contributed by atoms with Gasteiger partial charge in [0.15, 0.2) is 5.82 Å². The van der Waals surface area contributed by atoms with Crippen molar-refractivity contribution in [2.24, 2.45) is 0 Å². The van der Waals surface area contributed by atoms with Crippen molar-refractivity contribution in [3.05, 3.63) is 29.4 Å².